The zero-order chi connectivity index (χ0) is 25.9. The van der Waals surface area contributed by atoms with Crippen molar-refractivity contribution in [2.24, 2.45) is 11.8 Å². The van der Waals surface area contributed by atoms with E-state index < -0.39 is 5.60 Å². The Kier molecular flexibility index (Phi) is 8.13. The van der Waals surface area contributed by atoms with Gasteiger partial charge in [0.1, 0.15) is 17.2 Å². The number of H-pyrrole nitrogens is 1. The standard InChI is InChI=1S/C30H40FN3O2/c1-20(2)28-24-13-12-23(31)19-22(24)14-15-30(28,36-29(35)21(3)4)16-18-34(5)17-8-11-27-32-25-9-6-7-10-26(25)33-27/h6-7,9-10,12-13,19-21,28H,8,11,14-18H2,1-5H3,(H,32,33)/t28-,30-/m0/s1. The van der Waals surface area contributed by atoms with E-state index in [9.17, 15) is 9.18 Å². The number of imidazole rings is 1. The minimum absolute atomic E-state index is 0.0356. The Morgan fingerprint density at radius 2 is 1.97 bits per heavy atom. The molecule has 0 amide bonds. The Hall–Kier alpha value is -2.73. The summed E-state index contributed by atoms with van der Waals surface area (Å²) in [6.45, 7) is 9.88. The topological polar surface area (TPSA) is 58.2 Å². The van der Waals surface area contributed by atoms with Gasteiger partial charge >= 0.3 is 5.97 Å². The van der Waals surface area contributed by atoms with Crippen LogP contribution < -0.4 is 0 Å². The number of carbonyl (C=O) groups is 1. The van der Waals surface area contributed by atoms with Gasteiger partial charge in [0.25, 0.3) is 0 Å². The van der Waals surface area contributed by atoms with Gasteiger partial charge in [-0.15, -0.1) is 0 Å². The van der Waals surface area contributed by atoms with Crippen molar-refractivity contribution in [3.63, 3.8) is 0 Å². The normalized spacial score (nSPS) is 19.9. The van der Waals surface area contributed by atoms with Crippen molar-refractivity contribution in [2.75, 3.05) is 20.1 Å². The summed E-state index contributed by atoms with van der Waals surface area (Å²) < 4.78 is 20.4. The molecule has 0 saturated heterocycles. The lowest BCUT2D eigenvalue weighted by Crippen LogP contribution is -2.49. The fourth-order valence-electron chi connectivity index (χ4n) is 5.74. The van der Waals surface area contributed by atoms with Gasteiger partial charge in [0, 0.05) is 25.3 Å². The number of hydrogen-bond acceptors (Lipinski definition) is 4. The molecule has 1 aromatic heterocycles. The third-order valence-corrected chi connectivity index (χ3v) is 7.57. The number of fused-ring (bicyclic) bond motifs is 2. The molecule has 0 fully saturated rings. The lowest BCUT2D eigenvalue weighted by atomic mass is 9.65. The molecule has 3 aromatic rings. The van der Waals surface area contributed by atoms with Crippen LogP contribution in [0.1, 0.15) is 69.8 Å². The molecular formula is C30H40FN3O2. The lowest BCUT2D eigenvalue weighted by molar-refractivity contribution is -0.171. The van der Waals surface area contributed by atoms with Gasteiger partial charge in [0.15, 0.2) is 0 Å². The molecular weight excluding hydrogens is 453 g/mol. The molecule has 0 spiro atoms. The summed E-state index contributed by atoms with van der Waals surface area (Å²) in [5, 5.41) is 0. The summed E-state index contributed by atoms with van der Waals surface area (Å²) in [7, 11) is 2.13. The fourth-order valence-corrected chi connectivity index (χ4v) is 5.74. The quantitative estimate of drug-likeness (QED) is 0.338. The van der Waals surface area contributed by atoms with Crippen molar-refractivity contribution in [1.82, 2.24) is 14.9 Å². The largest absolute Gasteiger partial charge is 0.458 e. The first-order valence-electron chi connectivity index (χ1n) is 13.3. The number of esters is 1. The third-order valence-electron chi connectivity index (χ3n) is 7.57. The van der Waals surface area contributed by atoms with Gasteiger partial charge in [-0.3, -0.25) is 4.79 Å². The van der Waals surface area contributed by atoms with Gasteiger partial charge in [-0.2, -0.15) is 0 Å². The highest BCUT2D eigenvalue weighted by molar-refractivity contribution is 5.74. The molecule has 1 N–H and O–H groups in total. The van der Waals surface area contributed by atoms with Gasteiger partial charge in [0.05, 0.1) is 17.0 Å². The predicted molar refractivity (Wildman–Crippen MR) is 142 cm³/mol. The molecule has 1 aliphatic carbocycles. The van der Waals surface area contributed by atoms with Gasteiger partial charge < -0.3 is 14.6 Å². The van der Waals surface area contributed by atoms with Gasteiger partial charge in [0.2, 0.25) is 0 Å². The molecule has 0 radical (unpaired) electrons. The van der Waals surface area contributed by atoms with E-state index >= 15 is 0 Å². The maximum absolute atomic E-state index is 14.0. The first-order valence-corrected chi connectivity index (χ1v) is 13.3. The SMILES string of the molecule is CC(C)C(=O)O[C@]1(CCN(C)CCCc2nc3ccccc3[nH]2)CCc2cc(F)ccc2[C@@H]1C(C)C. The summed E-state index contributed by atoms with van der Waals surface area (Å²) in [4.78, 5) is 23.3. The van der Waals surface area contributed by atoms with Gasteiger partial charge in [-0.25, -0.2) is 9.37 Å². The number of aromatic nitrogens is 2. The minimum atomic E-state index is -0.590. The summed E-state index contributed by atoms with van der Waals surface area (Å²) in [6.07, 6.45) is 4.08. The average Bonchev–Trinajstić information content (AvgIpc) is 3.25. The number of halogens is 1. The van der Waals surface area contributed by atoms with E-state index in [0.717, 1.165) is 73.2 Å². The van der Waals surface area contributed by atoms with E-state index in [1.54, 1.807) is 12.1 Å². The number of rotatable bonds is 10. The number of hydrogen-bond donors (Lipinski definition) is 1. The highest BCUT2D eigenvalue weighted by Gasteiger charge is 2.48. The number of nitrogens with one attached hydrogen (secondary N) is 1. The molecule has 0 saturated carbocycles. The summed E-state index contributed by atoms with van der Waals surface area (Å²) in [5.74, 6) is 0.765. The highest BCUT2D eigenvalue weighted by Crippen LogP contribution is 2.48. The Morgan fingerprint density at radius 3 is 2.69 bits per heavy atom. The third kappa shape index (κ3) is 5.80. The van der Waals surface area contributed by atoms with Crippen LogP contribution in [0.5, 0.6) is 0 Å². The number of benzene rings is 2. The maximum Gasteiger partial charge on any atom is 0.308 e. The van der Waals surface area contributed by atoms with Gasteiger partial charge in [-0.05, 0) is 74.2 Å². The van der Waals surface area contributed by atoms with Crippen LogP contribution in [0, 0.1) is 17.7 Å². The molecule has 4 rings (SSSR count). The van der Waals surface area contributed by atoms with Crippen molar-refractivity contribution in [3.05, 3.63) is 65.2 Å². The van der Waals surface area contributed by atoms with Crippen LogP contribution in [0.2, 0.25) is 0 Å². The molecule has 2 atom stereocenters. The zero-order valence-electron chi connectivity index (χ0n) is 22.3. The van der Waals surface area contributed by atoms with E-state index in [4.69, 9.17) is 4.74 Å². The first kappa shape index (κ1) is 26.3. The molecule has 1 aliphatic rings. The van der Waals surface area contributed by atoms with Gasteiger partial charge in [-0.1, -0.05) is 45.9 Å². The molecule has 194 valence electrons. The second-order valence-corrected chi connectivity index (χ2v) is 11.1. The molecule has 0 aliphatic heterocycles. The van der Waals surface area contributed by atoms with E-state index in [1.165, 1.54) is 0 Å². The average molecular weight is 494 g/mol. The van der Waals surface area contributed by atoms with Crippen molar-refractivity contribution in [1.29, 1.82) is 0 Å². The number of aromatic amines is 1. The monoisotopic (exact) mass is 493 g/mol. The molecule has 6 heteroatoms. The van der Waals surface area contributed by atoms with E-state index in [2.05, 4.69) is 41.8 Å². The van der Waals surface area contributed by atoms with Crippen molar-refractivity contribution >= 4 is 17.0 Å². The highest BCUT2D eigenvalue weighted by atomic mass is 19.1. The van der Waals surface area contributed by atoms with Crippen molar-refractivity contribution < 1.29 is 13.9 Å². The molecule has 36 heavy (non-hydrogen) atoms. The summed E-state index contributed by atoms with van der Waals surface area (Å²) in [6, 6.07) is 13.2. The Morgan fingerprint density at radius 1 is 1.19 bits per heavy atom. The zero-order valence-corrected chi connectivity index (χ0v) is 22.3. The van der Waals surface area contributed by atoms with Crippen LogP contribution in [-0.4, -0.2) is 46.6 Å². The van der Waals surface area contributed by atoms with Crippen molar-refractivity contribution in [2.45, 2.75) is 71.3 Å². The number of ether oxygens (including phenoxy) is 1. The molecule has 5 nitrogen and oxygen atoms in total. The second-order valence-electron chi connectivity index (χ2n) is 11.1. The van der Waals surface area contributed by atoms with E-state index in [-0.39, 0.29) is 29.5 Å². The Balaban J connectivity index is 1.45. The summed E-state index contributed by atoms with van der Waals surface area (Å²) in [5.41, 5.74) is 3.66. The van der Waals surface area contributed by atoms with Crippen LogP contribution in [0.4, 0.5) is 4.39 Å². The Bertz CT molecular complexity index is 1150. The molecule has 2 aromatic carbocycles. The number of aryl methyl sites for hydroxylation is 2. The van der Waals surface area contributed by atoms with Crippen LogP contribution >= 0.6 is 0 Å². The van der Waals surface area contributed by atoms with Crippen LogP contribution in [-0.2, 0) is 22.4 Å². The number of nitrogens with zero attached hydrogens (tertiary/aromatic N) is 2. The second kappa shape index (κ2) is 11.1. The van der Waals surface area contributed by atoms with Crippen molar-refractivity contribution in [3.8, 4) is 0 Å². The predicted octanol–water partition coefficient (Wildman–Crippen LogP) is 6.28. The van der Waals surface area contributed by atoms with Crippen LogP contribution in [0.3, 0.4) is 0 Å². The first-order chi connectivity index (χ1) is 17.2. The molecule has 1 heterocycles. The summed E-state index contributed by atoms with van der Waals surface area (Å²) >= 11 is 0. The smallest absolute Gasteiger partial charge is 0.308 e. The molecule has 0 bridgehead atoms. The fraction of sp³-hybridized carbons (Fsp3) is 0.533. The Labute approximate surface area is 214 Å². The van der Waals surface area contributed by atoms with Crippen LogP contribution in [0.15, 0.2) is 42.5 Å². The maximum atomic E-state index is 14.0. The number of carbonyl (C=O) groups excluding carboxylic acids is 1. The minimum Gasteiger partial charge on any atom is -0.458 e. The van der Waals surface area contributed by atoms with Crippen LogP contribution in [0.25, 0.3) is 11.0 Å². The van der Waals surface area contributed by atoms with E-state index in [1.807, 2.05) is 38.1 Å². The molecule has 0 unspecified atom stereocenters. The lowest BCUT2D eigenvalue weighted by Gasteiger charge is -2.47. The number of para-hydroxylation sites is 2. The van der Waals surface area contributed by atoms with E-state index in [0.29, 0.717) is 0 Å².